The summed E-state index contributed by atoms with van der Waals surface area (Å²) in [5.74, 6) is 0.418. The van der Waals surface area contributed by atoms with Gasteiger partial charge in [-0.05, 0) is 62.9 Å². The third-order valence-electron chi connectivity index (χ3n) is 5.99. The van der Waals surface area contributed by atoms with Gasteiger partial charge in [-0.1, -0.05) is 35.9 Å². The summed E-state index contributed by atoms with van der Waals surface area (Å²) in [6, 6.07) is 16.6. The summed E-state index contributed by atoms with van der Waals surface area (Å²) in [4.78, 5) is 20.3. The van der Waals surface area contributed by atoms with Gasteiger partial charge in [0.05, 0.1) is 11.0 Å². The Morgan fingerprint density at radius 3 is 2.53 bits per heavy atom. The van der Waals surface area contributed by atoms with Crippen LogP contribution >= 0.6 is 11.6 Å². The van der Waals surface area contributed by atoms with E-state index in [-0.39, 0.29) is 11.9 Å². The van der Waals surface area contributed by atoms with E-state index in [0.717, 1.165) is 48.4 Å². The molecule has 0 radical (unpaired) electrons. The predicted octanol–water partition coefficient (Wildman–Crippen LogP) is 4.54. The van der Waals surface area contributed by atoms with Crippen LogP contribution in [-0.4, -0.2) is 45.5 Å². The number of fused-ring (bicyclic) bond motifs is 1. The Bertz CT molecular complexity index is 1000. The molecular formula is C24H29ClN4O. The van der Waals surface area contributed by atoms with E-state index >= 15 is 0 Å². The molecule has 1 N–H and O–H groups in total. The first-order chi connectivity index (χ1) is 14.5. The zero-order chi connectivity index (χ0) is 21.1. The van der Waals surface area contributed by atoms with Gasteiger partial charge in [-0.25, -0.2) is 4.98 Å². The Kier molecular flexibility index (Phi) is 6.40. The number of carbonyl (C=O) groups excluding carboxylic acids is 1. The predicted molar refractivity (Wildman–Crippen MR) is 122 cm³/mol. The highest BCUT2D eigenvalue weighted by atomic mass is 35.5. The molecule has 0 spiro atoms. The molecule has 6 heteroatoms. The minimum atomic E-state index is -0.0784. The lowest BCUT2D eigenvalue weighted by atomic mass is 10.0. The number of hydrogen-bond donors (Lipinski definition) is 1. The second-order valence-corrected chi connectivity index (χ2v) is 8.77. The zero-order valence-corrected chi connectivity index (χ0v) is 18.4. The maximum Gasteiger partial charge on any atom is 0.287 e. The molecular weight excluding hydrogens is 396 g/mol. The molecule has 1 fully saturated rings. The van der Waals surface area contributed by atoms with Crippen molar-refractivity contribution in [2.75, 3.05) is 13.1 Å². The largest absolute Gasteiger partial charge is 0.347 e. The number of nitrogens with zero attached hydrogens (tertiary/aromatic N) is 3. The summed E-state index contributed by atoms with van der Waals surface area (Å²) in [6.07, 6.45) is 2.77. The molecule has 1 saturated heterocycles. The molecule has 158 valence electrons. The third kappa shape index (κ3) is 4.68. The molecule has 5 nitrogen and oxygen atoms in total. The lowest BCUT2D eigenvalue weighted by molar-refractivity contribution is 0.0886. The van der Waals surface area contributed by atoms with Gasteiger partial charge in [-0.2, -0.15) is 0 Å². The fraction of sp³-hybridized carbons (Fsp3) is 0.417. The molecule has 30 heavy (non-hydrogen) atoms. The van der Waals surface area contributed by atoms with E-state index in [0.29, 0.717) is 18.4 Å². The number of carbonyl (C=O) groups is 1. The van der Waals surface area contributed by atoms with E-state index < -0.39 is 0 Å². The van der Waals surface area contributed by atoms with Crippen molar-refractivity contribution in [3.8, 4) is 0 Å². The van der Waals surface area contributed by atoms with Crippen LogP contribution in [0.1, 0.15) is 42.9 Å². The lowest BCUT2D eigenvalue weighted by Crippen LogP contribution is -2.47. The number of aryl methyl sites for hydroxylation is 2. The quantitative estimate of drug-likeness (QED) is 0.632. The highest BCUT2D eigenvalue weighted by Crippen LogP contribution is 2.19. The van der Waals surface area contributed by atoms with Crippen LogP contribution in [-0.2, 0) is 13.0 Å². The van der Waals surface area contributed by atoms with Crippen LogP contribution in [0.5, 0.6) is 0 Å². The number of nitrogens with one attached hydrogen (secondary N) is 1. The van der Waals surface area contributed by atoms with Crippen LogP contribution in [0.4, 0.5) is 0 Å². The molecule has 3 aromatic rings. The number of para-hydroxylation sites is 2. The Morgan fingerprint density at radius 2 is 1.83 bits per heavy atom. The molecule has 1 amide bonds. The van der Waals surface area contributed by atoms with Crippen molar-refractivity contribution >= 4 is 28.5 Å². The highest BCUT2D eigenvalue weighted by Gasteiger charge is 2.25. The number of amides is 1. The first-order valence-corrected chi connectivity index (χ1v) is 11.1. The average molecular weight is 425 g/mol. The van der Waals surface area contributed by atoms with Crippen molar-refractivity contribution in [1.82, 2.24) is 19.8 Å². The number of halogens is 1. The van der Waals surface area contributed by atoms with Crippen LogP contribution in [0.25, 0.3) is 11.0 Å². The molecule has 0 bridgehead atoms. The SMILES string of the molecule is CC(C)N1CCC(NC(=O)c2nc3ccccc3n2CCc2ccc(Cl)cc2)CC1. The molecule has 0 unspecified atom stereocenters. The van der Waals surface area contributed by atoms with Gasteiger partial charge in [0.1, 0.15) is 0 Å². The van der Waals surface area contributed by atoms with Crippen LogP contribution in [0, 0.1) is 0 Å². The maximum atomic E-state index is 13.1. The monoisotopic (exact) mass is 424 g/mol. The number of likely N-dealkylation sites (tertiary alicyclic amines) is 1. The van der Waals surface area contributed by atoms with Gasteiger partial charge < -0.3 is 14.8 Å². The van der Waals surface area contributed by atoms with Gasteiger partial charge in [0.2, 0.25) is 0 Å². The topological polar surface area (TPSA) is 50.2 Å². The van der Waals surface area contributed by atoms with E-state index in [1.54, 1.807) is 0 Å². The van der Waals surface area contributed by atoms with E-state index in [9.17, 15) is 4.79 Å². The van der Waals surface area contributed by atoms with E-state index in [1.807, 2.05) is 53.1 Å². The molecule has 0 atom stereocenters. The summed E-state index contributed by atoms with van der Waals surface area (Å²) < 4.78 is 2.04. The van der Waals surface area contributed by atoms with Crippen LogP contribution in [0.2, 0.25) is 5.02 Å². The Hall–Kier alpha value is -2.37. The molecule has 1 aliphatic heterocycles. The highest BCUT2D eigenvalue weighted by molar-refractivity contribution is 6.30. The average Bonchev–Trinajstić information content (AvgIpc) is 3.12. The number of rotatable bonds is 6. The van der Waals surface area contributed by atoms with Crippen LogP contribution in [0.3, 0.4) is 0 Å². The van der Waals surface area contributed by atoms with Gasteiger partial charge >= 0.3 is 0 Å². The van der Waals surface area contributed by atoms with Crippen molar-refractivity contribution in [2.45, 2.75) is 51.7 Å². The molecule has 2 heterocycles. The van der Waals surface area contributed by atoms with E-state index in [2.05, 4.69) is 29.0 Å². The molecule has 0 aliphatic carbocycles. The zero-order valence-electron chi connectivity index (χ0n) is 17.6. The fourth-order valence-electron chi connectivity index (χ4n) is 4.18. The van der Waals surface area contributed by atoms with Crippen molar-refractivity contribution < 1.29 is 4.79 Å². The number of piperidine rings is 1. The first kappa shape index (κ1) is 20.9. The van der Waals surface area contributed by atoms with Crippen molar-refractivity contribution in [3.63, 3.8) is 0 Å². The minimum Gasteiger partial charge on any atom is -0.347 e. The van der Waals surface area contributed by atoms with Gasteiger partial charge in [-0.15, -0.1) is 0 Å². The van der Waals surface area contributed by atoms with Gasteiger partial charge in [-0.3, -0.25) is 4.79 Å². The van der Waals surface area contributed by atoms with Crippen LogP contribution in [0.15, 0.2) is 48.5 Å². The second kappa shape index (κ2) is 9.19. The van der Waals surface area contributed by atoms with Crippen LogP contribution < -0.4 is 5.32 Å². The second-order valence-electron chi connectivity index (χ2n) is 8.33. The fourth-order valence-corrected chi connectivity index (χ4v) is 4.30. The summed E-state index contributed by atoms with van der Waals surface area (Å²) in [6.45, 7) is 7.19. The number of imidazole rings is 1. The molecule has 1 aliphatic rings. The molecule has 2 aromatic carbocycles. The van der Waals surface area contributed by atoms with Gasteiger partial charge in [0, 0.05) is 36.7 Å². The van der Waals surface area contributed by atoms with Gasteiger partial charge in [0.15, 0.2) is 5.82 Å². The smallest absolute Gasteiger partial charge is 0.287 e. The molecule has 0 saturated carbocycles. The third-order valence-corrected chi connectivity index (χ3v) is 6.24. The summed E-state index contributed by atoms with van der Waals surface area (Å²) in [7, 11) is 0. The number of hydrogen-bond acceptors (Lipinski definition) is 3. The normalized spacial score (nSPS) is 15.7. The Morgan fingerprint density at radius 1 is 1.13 bits per heavy atom. The van der Waals surface area contributed by atoms with Crippen molar-refractivity contribution in [3.05, 3.63) is 64.9 Å². The number of aromatic nitrogens is 2. The maximum absolute atomic E-state index is 13.1. The van der Waals surface area contributed by atoms with E-state index in [4.69, 9.17) is 11.6 Å². The molecule has 1 aromatic heterocycles. The minimum absolute atomic E-state index is 0.0784. The van der Waals surface area contributed by atoms with Crippen molar-refractivity contribution in [2.24, 2.45) is 0 Å². The molecule has 4 rings (SSSR count). The number of benzene rings is 2. The Balaban J connectivity index is 1.50. The van der Waals surface area contributed by atoms with Gasteiger partial charge in [0.25, 0.3) is 5.91 Å². The van der Waals surface area contributed by atoms with Crippen molar-refractivity contribution in [1.29, 1.82) is 0 Å². The Labute approximate surface area is 183 Å². The first-order valence-electron chi connectivity index (χ1n) is 10.8. The summed E-state index contributed by atoms with van der Waals surface area (Å²) >= 11 is 6.00. The summed E-state index contributed by atoms with van der Waals surface area (Å²) in [5, 5.41) is 3.97. The lowest BCUT2D eigenvalue weighted by Gasteiger charge is -2.34. The standard InChI is InChI=1S/C24H29ClN4O/c1-17(2)28-14-12-20(13-15-28)26-24(30)23-27-21-5-3-4-6-22(21)29(23)16-11-18-7-9-19(25)10-8-18/h3-10,17,20H,11-16H2,1-2H3,(H,26,30). The summed E-state index contributed by atoms with van der Waals surface area (Å²) in [5.41, 5.74) is 3.03. The van der Waals surface area contributed by atoms with E-state index in [1.165, 1.54) is 5.56 Å².